The summed E-state index contributed by atoms with van der Waals surface area (Å²) in [6.45, 7) is 0. The first kappa shape index (κ1) is 28.2. The molecule has 0 aromatic heterocycles. The molecule has 0 heterocycles. The zero-order valence-electron chi connectivity index (χ0n) is 2.89. The smallest absolute Gasteiger partial charge is 0 e. The molecule has 0 aromatic carbocycles. The maximum atomic E-state index is 4.50. The molecular formula is CH7BrINSn. The quantitative estimate of drug-likeness (QED) is 0.492. The molecule has 5 heavy (non-hydrogen) atoms. The molecule has 0 amide bonds. The van der Waals surface area contributed by atoms with Gasteiger partial charge in [0.2, 0.25) is 0 Å². The monoisotopic (exact) mass is 359 g/mol. The molecular weight excluding hydrogens is 352 g/mol. The zero-order chi connectivity index (χ0) is 2.00. The summed E-state index contributed by atoms with van der Waals surface area (Å²) in [5.41, 5.74) is 4.50. The van der Waals surface area contributed by atoms with Gasteiger partial charge < -0.3 is 5.73 Å². The van der Waals surface area contributed by atoms with Crippen LogP contribution in [-0.2, 0) is 0 Å². The number of hydrogen-bond donors (Lipinski definition) is 1. The molecule has 0 aliphatic heterocycles. The van der Waals surface area contributed by atoms with Crippen LogP contribution in [0.25, 0.3) is 0 Å². The van der Waals surface area contributed by atoms with E-state index in [0.717, 1.165) is 0 Å². The molecule has 0 rings (SSSR count). The average Bonchev–Trinajstić information content (AvgIpc) is 1.00. The third-order valence-electron chi connectivity index (χ3n) is 0. The molecule has 34 valence electrons. The molecule has 0 saturated carbocycles. The van der Waals surface area contributed by atoms with Crippen molar-refractivity contribution in [1.29, 1.82) is 0 Å². The number of rotatable bonds is 0. The largest absolute Gasteiger partial charge is 0.333 e. The van der Waals surface area contributed by atoms with Crippen LogP contribution in [0.2, 0.25) is 0 Å². The fraction of sp³-hybridized carbons (Fsp3) is 1.00. The number of nitrogens with two attached hydrogens (primary N) is 1. The van der Waals surface area contributed by atoms with E-state index in [0.29, 0.717) is 0 Å². The van der Waals surface area contributed by atoms with Gasteiger partial charge in [0, 0.05) is 23.9 Å². The topological polar surface area (TPSA) is 26.0 Å². The van der Waals surface area contributed by atoms with Gasteiger partial charge in [0.05, 0.1) is 0 Å². The Kier molecular flexibility index (Phi) is 214. The summed E-state index contributed by atoms with van der Waals surface area (Å²) in [5.74, 6) is 0. The average molecular weight is 359 g/mol. The van der Waals surface area contributed by atoms with E-state index in [4.69, 9.17) is 0 Å². The second-order valence-corrected chi connectivity index (χ2v) is 0. The predicted octanol–water partition coefficient (Wildman–Crippen LogP) is 0.390. The normalized spacial score (nSPS) is 1.20. The minimum Gasteiger partial charge on any atom is -0.333 e. The van der Waals surface area contributed by atoms with Crippen LogP contribution >= 0.6 is 41.0 Å². The third kappa shape index (κ3) is 24.3. The Morgan fingerprint density at radius 3 is 1.20 bits per heavy atom. The SMILES string of the molecule is Br.CN.I.[Sn]. The summed E-state index contributed by atoms with van der Waals surface area (Å²) in [6.07, 6.45) is 0. The Hall–Kier alpha value is 1.97. The van der Waals surface area contributed by atoms with Crippen LogP contribution in [0.3, 0.4) is 0 Å². The van der Waals surface area contributed by atoms with Gasteiger partial charge in [-0.15, -0.1) is 41.0 Å². The van der Waals surface area contributed by atoms with E-state index in [9.17, 15) is 0 Å². The molecule has 0 unspecified atom stereocenters. The standard InChI is InChI=1S/CH5N.BrH.HI.Sn/c1-2;;;/h2H2,1H3;2*1H;. The van der Waals surface area contributed by atoms with Crippen LogP contribution in [0.1, 0.15) is 0 Å². The van der Waals surface area contributed by atoms with Gasteiger partial charge in [-0.25, -0.2) is 0 Å². The zero-order valence-corrected chi connectivity index (χ0v) is 9.79. The summed E-state index contributed by atoms with van der Waals surface area (Å²) >= 11 is 0. The van der Waals surface area contributed by atoms with E-state index in [-0.39, 0.29) is 64.9 Å². The second kappa shape index (κ2) is 38.0. The van der Waals surface area contributed by atoms with Crippen molar-refractivity contribution in [3.05, 3.63) is 0 Å². The summed E-state index contributed by atoms with van der Waals surface area (Å²) in [5, 5.41) is 0. The van der Waals surface area contributed by atoms with Crippen molar-refractivity contribution in [3.63, 3.8) is 0 Å². The van der Waals surface area contributed by atoms with Gasteiger partial charge in [-0.2, -0.15) is 0 Å². The van der Waals surface area contributed by atoms with E-state index in [1.54, 1.807) is 0 Å². The van der Waals surface area contributed by atoms with Crippen molar-refractivity contribution in [2.24, 2.45) is 5.73 Å². The van der Waals surface area contributed by atoms with Crippen molar-refractivity contribution in [1.82, 2.24) is 0 Å². The molecule has 0 fully saturated rings. The molecule has 0 aliphatic carbocycles. The predicted molar refractivity (Wildman–Crippen MR) is 41.6 cm³/mol. The van der Waals surface area contributed by atoms with Gasteiger partial charge in [0.15, 0.2) is 0 Å². The molecule has 0 spiro atoms. The Labute approximate surface area is 76.8 Å². The Morgan fingerprint density at radius 1 is 1.20 bits per heavy atom. The minimum atomic E-state index is 0. The van der Waals surface area contributed by atoms with Gasteiger partial charge in [-0.1, -0.05) is 0 Å². The van der Waals surface area contributed by atoms with E-state index in [2.05, 4.69) is 5.73 Å². The third-order valence-corrected chi connectivity index (χ3v) is 0. The molecule has 1 nitrogen and oxygen atoms in total. The van der Waals surface area contributed by atoms with E-state index in [1.165, 1.54) is 7.05 Å². The number of hydrogen-bond acceptors (Lipinski definition) is 1. The molecule has 4 heteroatoms. The molecule has 0 atom stereocenters. The minimum absolute atomic E-state index is 0. The fourth-order valence-electron chi connectivity index (χ4n) is 0. The summed E-state index contributed by atoms with van der Waals surface area (Å²) in [4.78, 5) is 0. The first-order valence-electron chi connectivity index (χ1n) is 0.577. The Bertz CT molecular complexity index is 11.6. The van der Waals surface area contributed by atoms with Gasteiger partial charge in [-0.05, 0) is 7.05 Å². The van der Waals surface area contributed by atoms with E-state index < -0.39 is 0 Å². The van der Waals surface area contributed by atoms with Crippen molar-refractivity contribution in [2.45, 2.75) is 0 Å². The van der Waals surface area contributed by atoms with Crippen molar-refractivity contribution in [2.75, 3.05) is 7.05 Å². The van der Waals surface area contributed by atoms with Gasteiger partial charge >= 0.3 is 0 Å². The Balaban J connectivity index is -0.00000000167. The maximum absolute atomic E-state index is 4.50. The summed E-state index contributed by atoms with van der Waals surface area (Å²) < 4.78 is 0. The van der Waals surface area contributed by atoms with E-state index >= 15 is 0 Å². The summed E-state index contributed by atoms with van der Waals surface area (Å²) in [6, 6.07) is 0. The van der Waals surface area contributed by atoms with Crippen LogP contribution < -0.4 is 5.73 Å². The molecule has 4 radical (unpaired) electrons. The van der Waals surface area contributed by atoms with Gasteiger partial charge in [0.1, 0.15) is 0 Å². The van der Waals surface area contributed by atoms with Crippen LogP contribution in [0, 0.1) is 0 Å². The first-order valence-corrected chi connectivity index (χ1v) is 0.577. The molecule has 0 aromatic rings. The number of halogens is 2. The van der Waals surface area contributed by atoms with Crippen LogP contribution in [0.15, 0.2) is 0 Å². The van der Waals surface area contributed by atoms with Crippen molar-refractivity contribution in [3.8, 4) is 0 Å². The van der Waals surface area contributed by atoms with Crippen LogP contribution in [0.4, 0.5) is 0 Å². The molecule has 0 aliphatic rings. The second-order valence-electron chi connectivity index (χ2n) is 0. The Morgan fingerprint density at radius 2 is 1.20 bits per heavy atom. The van der Waals surface area contributed by atoms with Crippen LogP contribution in [-0.4, -0.2) is 31.0 Å². The van der Waals surface area contributed by atoms with Gasteiger partial charge in [0.25, 0.3) is 0 Å². The molecule has 2 N–H and O–H groups in total. The van der Waals surface area contributed by atoms with Crippen molar-refractivity contribution < 1.29 is 0 Å². The maximum Gasteiger partial charge on any atom is 0 e. The van der Waals surface area contributed by atoms with Gasteiger partial charge in [-0.3, -0.25) is 0 Å². The van der Waals surface area contributed by atoms with Crippen molar-refractivity contribution >= 4 is 64.9 Å². The fourth-order valence-corrected chi connectivity index (χ4v) is 0. The molecule has 0 bridgehead atoms. The summed E-state index contributed by atoms with van der Waals surface area (Å²) in [7, 11) is 1.50. The first-order chi connectivity index (χ1) is 1.00. The molecule has 0 saturated heterocycles. The van der Waals surface area contributed by atoms with Crippen LogP contribution in [0.5, 0.6) is 0 Å². The van der Waals surface area contributed by atoms with E-state index in [1.807, 2.05) is 0 Å².